The Hall–Kier alpha value is -1.69. The topological polar surface area (TPSA) is 53.8 Å². The Bertz CT molecular complexity index is 647. The molecule has 2 fully saturated rings. The number of rotatable bonds is 2. The first-order valence-corrected chi connectivity index (χ1v) is 9.66. The van der Waals surface area contributed by atoms with Gasteiger partial charge in [-0.2, -0.15) is 0 Å². The van der Waals surface area contributed by atoms with E-state index >= 15 is 0 Å². The summed E-state index contributed by atoms with van der Waals surface area (Å²) in [5.41, 5.74) is 0.869. The molecule has 3 aliphatic rings. The molecule has 6 heteroatoms. The molecule has 0 spiro atoms. The number of allylic oxidation sites excluding steroid dienone is 1. The van der Waals surface area contributed by atoms with Gasteiger partial charge in [0.05, 0.1) is 12.0 Å². The first-order valence-electron chi connectivity index (χ1n) is 8.71. The van der Waals surface area contributed by atoms with Crippen LogP contribution >= 0.6 is 11.8 Å². The summed E-state index contributed by atoms with van der Waals surface area (Å²) in [6.07, 6.45) is 6.14. The van der Waals surface area contributed by atoms with Crippen molar-refractivity contribution in [1.82, 2.24) is 9.80 Å². The average Bonchev–Trinajstić information content (AvgIpc) is 3.17. The molecule has 4 rings (SSSR count). The quantitative estimate of drug-likeness (QED) is 0.824. The van der Waals surface area contributed by atoms with Crippen LogP contribution in [-0.4, -0.2) is 52.9 Å². The first kappa shape index (κ1) is 15.8. The van der Waals surface area contributed by atoms with Crippen molar-refractivity contribution >= 4 is 23.5 Å². The van der Waals surface area contributed by atoms with Gasteiger partial charge in [-0.15, -0.1) is 11.8 Å². The largest absolute Gasteiger partial charge is 0.459 e. The van der Waals surface area contributed by atoms with Crippen LogP contribution in [0.5, 0.6) is 0 Å². The van der Waals surface area contributed by atoms with Gasteiger partial charge < -0.3 is 14.2 Å². The summed E-state index contributed by atoms with van der Waals surface area (Å²) in [6.45, 7) is 2.68. The molecule has 24 heavy (non-hydrogen) atoms. The van der Waals surface area contributed by atoms with Gasteiger partial charge in [-0.3, -0.25) is 9.59 Å². The minimum Gasteiger partial charge on any atom is -0.459 e. The lowest BCUT2D eigenvalue weighted by Gasteiger charge is -2.40. The Labute approximate surface area is 146 Å². The van der Waals surface area contributed by atoms with Crippen molar-refractivity contribution in [3.63, 3.8) is 0 Å². The zero-order valence-electron chi connectivity index (χ0n) is 13.6. The third kappa shape index (κ3) is 2.88. The second kappa shape index (κ2) is 6.67. The molecular formula is C18H22N2O3S. The minimum atomic E-state index is -0.0645. The predicted molar refractivity (Wildman–Crippen MR) is 92.6 cm³/mol. The van der Waals surface area contributed by atoms with E-state index in [2.05, 4.69) is 10.3 Å². The number of furan rings is 1. The molecule has 1 aromatic rings. The highest BCUT2D eigenvalue weighted by Crippen LogP contribution is 2.40. The number of nitrogens with zero attached hydrogens (tertiary/aromatic N) is 2. The summed E-state index contributed by atoms with van der Waals surface area (Å²) < 4.78 is 5.19. The molecule has 0 N–H and O–H groups in total. The number of piperazine rings is 1. The molecule has 128 valence electrons. The van der Waals surface area contributed by atoms with Gasteiger partial charge in [-0.25, -0.2) is 0 Å². The standard InChI is InChI=1S/C18H22N2O3S/c21-17-13-4-1-2-6-16(13)24-12-14(17)19-7-9-20(10-8-19)18(22)15-5-3-11-23-15/h3,5,11-13,16H,1-2,4,6-10H2. The van der Waals surface area contributed by atoms with Crippen molar-refractivity contribution < 1.29 is 14.0 Å². The smallest absolute Gasteiger partial charge is 0.289 e. The molecule has 1 saturated heterocycles. The van der Waals surface area contributed by atoms with Crippen molar-refractivity contribution in [2.45, 2.75) is 30.9 Å². The molecule has 0 bridgehead atoms. The maximum absolute atomic E-state index is 12.8. The number of hydrogen-bond donors (Lipinski definition) is 0. The second-order valence-corrected chi connectivity index (χ2v) is 7.80. The number of hydrogen-bond acceptors (Lipinski definition) is 5. The molecule has 3 heterocycles. The summed E-state index contributed by atoms with van der Waals surface area (Å²) in [7, 11) is 0. The highest BCUT2D eigenvalue weighted by Gasteiger charge is 2.38. The molecule has 1 amide bonds. The van der Waals surface area contributed by atoms with Crippen LogP contribution in [0.4, 0.5) is 0 Å². The van der Waals surface area contributed by atoms with E-state index in [1.165, 1.54) is 19.1 Å². The zero-order valence-corrected chi connectivity index (χ0v) is 14.5. The molecule has 2 unspecified atom stereocenters. The lowest BCUT2D eigenvalue weighted by Crippen LogP contribution is -2.50. The zero-order chi connectivity index (χ0) is 16.5. The van der Waals surface area contributed by atoms with Crippen LogP contribution in [0, 0.1) is 5.92 Å². The molecule has 1 aliphatic carbocycles. The van der Waals surface area contributed by atoms with E-state index in [4.69, 9.17) is 4.42 Å². The van der Waals surface area contributed by atoms with Crippen molar-refractivity contribution in [2.24, 2.45) is 5.92 Å². The fourth-order valence-electron chi connectivity index (χ4n) is 3.90. The van der Waals surface area contributed by atoms with Gasteiger partial charge in [0, 0.05) is 37.3 Å². The fraction of sp³-hybridized carbons (Fsp3) is 0.556. The number of ketones is 1. The summed E-state index contributed by atoms with van der Waals surface area (Å²) in [5.74, 6) is 0.845. The average molecular weight is 346 g/mol. The Balaban J connectivity index is 1.40. The third-order valence-corrected chi connectivity index (χ3v) is 6.56. The summed E-state index contributed by atoms with van der Waals surface area (Å²) in [6, 6.07) is 3.43. The Morgan fingerprint density at radius 3 is 2.71 bits per heavy atom. The molecule has 1 saturated carbocycles. The van der Waals surface area contributed by atoms with Gasteiger partial charge >= 0.3 is 0 Å². The first-order chi connectivity index (χ1) is 11.7. The van der Waals surface area contributed by atoms with E-state index in [0.717, 1.165) is 18.5 Å². The van der Waals surface area contributed by atoms with E-state index in [1.54, 1.807) is 17.0 Å². The number of Topliss-reactive ketones (excluding diaryl/α,β-unsaturated/α-hetero) is 1. The molecule has 1 aromatic heterocycles. The lowest BCUT2D eigenvalue weighted by atomic mass is 9.84. The van der Waals surface area contributed by atoms with Gasteiger partial charge in [-0.1, -0.05) is 12.8 Å². The van der Waals surface area contributed by atoms with Crippen molar-refractivity contribution in [1.29, 1.82) is 0 Å². The highest BCUT2D eigenvalue weighted by molar-refractivity contribution is 8.02. The van der Waals surface area contributed by atoms with Crippen LogP contribution in [0.2, 0.25) is 0 Å². The minimum absolute atomic E-state index is 0.0645. The monoisotopic (exact) mass is 346 g/mol. The van der Waals surface area contributed by atoms with E-state index in [1.807, 2.05) is 11.8 Å². The summed E-state index contributed by atoms with van der Waals surface area (Å²) in [4.78, 5) is 29.1. The molecular weight excluding hydrogens is 324 g/mol. The van der Waals surface area contributed by atoms with Crippen LogP contribution < -0.4 is 0 Å². The number of thioether (sulfide) groups is 1. The van der Waals surface area contributed by atoms with Crippen LogP contribution in [0.1, 0.15) is 36.2 Å². The predicted octanol–water partition coefficient (Wildman–Crippen LogP) is 2.75. The number of carbonyl (C=O) groups is 2. The summed E-state index contributed by atoms with van der Waals surface area (Å²) >= 11 is 1.84. The van der Waals surface area contributed by atoms with Crippen LogP contribution in [-0.2, 0) is 4.79 Å². The van der Waals surface area contributed by atoms with E-state index in [0.29, 0.717) is 43.0 Å². The number of amides is 1. The fourth-order valence-corrected chi connectivity index (χ4v) is 5.22. The maximum Gasteiger partial charge on any atom is 0.289 e. The second-order valence-electron chi connectivity index (χ2n) is 6.69. The van der Waals surface area contributed by atoms with Gasteiger partial charge in [0.25, 0.3) is 5.91 Å². The molecule has 2 aliphatic heterocycles. The van der Waals surface area contributed by atoms with E-state index in [-0.39, 0.29) is 11.8 Å². The normalized spacial score (nSPS) is 27.7. The molecule has 2 atom stereocenters. The van der Waals surface area contributed by atoms with E-state index in [9.17, 15) is 9.59 Å². The Morgan fingerprint density at radius 2 is 1.96 bits per heavy atom. The lowest BCUT2D eigenvalue weighted by molar-refractivity contribution is -0.121. The van der Waals surface area contributed by atoms with Crippen LogP contribution in [0.15, 0.2) is 33.9 Å². The Morgan fingerprint density at radius 1 is 1.17 bits per heavy atom. The van der Waals surface area contributed by atoms with Crippen LogP contribution in [0.3, 0.4) is 0 Å². The van der Waals surface area contributed by atoms with Crippen molar-refractivity contribution in [3.8, 4) is 0 Å². The van der Waals surface area contributed by atoms with Crippen molar-refractivity contribution in [2.75, 3.05) is 26.2 Å². The maximum atomic E-state index is 12.8. The summed E-state index contributed by atoms with van der Waals surface area (Å²) in [5, 5.41) is 2.55. The molecule has 5 nitrogen and oxygen atoms in total. The number of carbonyl (C=O) groups excluding carboxylic acids is 2. The molecule has 0 radical (unpaired) electrons. The van der Waals surface area contributed by atoms with Crippen molar-refractivity contribution in [3.05, 3.63) is 35.3 Å². The molecule has 0 aromatic carbocycles. The third-order valence-electron chi connectivity index (χ3n) is 5.29. The Kier molecular flexibility index (Phi) is 4.39. The van der Waals surface area contributed by atoms with Gasteiger partial charge in [0.2, 0.25) is 0 Å². The van der Waals surface area contributed by atoms with E-state index < -0.39 is 0 Å². The SMILES string of the molecule is O=C1C(N2CCN(C(=O)c3ccco3)CC2)=CSC2CCCCC12. The van der Waals surface area contributed by atoms with Crippen LogP contribution in [0.25, 0.3) is 0 Å². The van der Waals surface area contributed by atoms with Gasteiger partial charge in [-0.05, 0) is 30.4 Å². The van der Waals surface area contributed by atoms with Gasteiger partial charge in [0.15, 0.2) is 11.5 Å². The number of fused-ring (bicyclic) bond motifs is 1. The van der Waals surface area contributed by atoms with Gasteiger partial charge in [0.1, 0.15) is 0 Å². The highest BCUT2D eigenvalue weighted by atomic mass is 32.2.